The molecule has 0 aliphatic rings. The van der Waals surface area contributed by atoms with Crippen molar-refractivity contribution in [3.05, 3.63) is 62.3 Å². The van der Waals surface area contributed by atoms with E-state index in [1.807, 2.05) is 31.2 Å². The van der Waals surface area contributed by atoms with E-state index in [0.717, 1.165) is 11.1 Å². The van der Waals surface area contributed by atoms with Gasteiger partial charge in [-0.2, -0.15) is 0 Å². The van der Waals surface area contributed by atoms with Crippen LogP contribution < -0.4 is 5.32 Å². The van der Waals surface area contributed by atoms with Gasteiger partial charge in [0.1, 0.15) is 0 Å². The van der Waals surface area contributed by atoms with Gasteiger partial charge in [0.25, 0.3) is 5.69 Å². The molecule has 1 aromatic carbocycles. The van der Waals surface area contributed by atoms with Crippen molar-refractivity contribution in [3.8, 4) is 10.6 Å². The number of nitrogens with zero attached hydrogens (tertiary/aromatic N) is 2. The summed E-state index contributed by atoms with van der Waals surface area (Å²) < 4.78 is 0. The van der Waals surface area contributed by atoms with Crippen LogP contribution in [0.25, 0.3) is 10.6 Å². The Kier molecular flexibility index (Phi) is 4.68. The van der Waals surface area contributed by atoms with Crippen LogP contribution in [0, 0.1) is 17.0 Å². The van der Waals surface area contributed by atoms with Gasteiger partial charge in [0.05, 0.1) is 27.3 Å². The first kappa shape index (κ1) is 16.3. The van der Waals surface area contributed by atoms with Gasteiger partial charge in [0.2, 0.25) is 5.91 Å². The molecule has 122 valence electrons. The van der Waals surface area contributed by atoms with Crippen molar-refractivity contribution < 1.29 is 9.72 Å². The average Bonchev–Trinajstić information content (AvgIpc) is 3.18. The monoisotopic (exact) mass is 359 g/mol. The first-order valence-corrected chi connectivity index (χ1v) is 8.81. The second-order valence-electron chi connectivity index (χ2n) is 5.17. The summed E-state index contributed by atoms with van der Waals surface area (Å²) in [6, 6.07) is 9.26. The van der Waals surface area contributed by atoms with E-state index in [4.69, 9.17) is 0 Å². The number of rotatable bonds is 5. The highest BCUT2D eigenvalue weighted by atomic mass is 32.1. The van der Waals surface area contributed by atoms with Crippen LogP contribution in [0.15, 0.2) is 41.1 Å². The third kappa shape index (κ3) is 3.84. The summed E-state index contributed by atoms with van der Waals surface area (Å²) in [4.78, 5) is 27.4. The molecule has 3 aromatic rings. The molecule has 1 N–H and O–H groups in total. The maximum absolute atomic E-state index is 12.1. The van der Waals surface area contributed by atoms with Crippen molar-refractivity contribution in [2.24, 2.45) is 0 Å². The van der Waals surface area contributed by atoms with E-state index in [9.17, 15) is 14.9 Å². The molecule has 0 fully saturated rings. The summed E-state index contributed by atoms with van der Waals surface area (Å²) in [7, 11) is 0. The van der Waals surface area contributed by atoms with Gasteiger partial charge in [0, 0.05) is 11.4 Å². The van der Waals surface area contributed by atoms with Gasteiger partial charge in [0.15, 0.2) is 5.13 Å². The van der Waals surface area contributed by atoms with Crippen LogP contribution in [0.5, 0.6) is 0 Å². The normalized spacial score (nSPS) is 10.5. The molecule has 3 rings (SSSR count). The molecule has 2 aromatic heterocycles. The maximum atomic E-state index is 12.1. The Balaban J connectivity index is 1.65. The molecule has 8 heteroatoms. The summed E-state index contributed by atoms with van der Waals surface area (Å²) in [5, 5.41) is 17.2. The third-order valence-corrected chi connectivity index (χ3v) is 4.98. The van der Waals surface area contributed by atoms with Gasteiger partial charge >= 0.3 is 0 Å². The molecule has 0 unspecified atom stereocenters. The maximum Gasteiger partial charge on any atom is 0.280 e. The van der Waals surface area contributed by atoms with E-state index in [2.05, 4.69) is 10.3 Å². The molecular weight excluding hydrogens is 346 g/mol. The van der Waals surface area contributed by atoms with Crippen molar-refractivity contribution >= 4 is 39.4 Å². The Morgan fingerprint density at radius 3 is 2.67 bits per heavy atom. The fraction of sp³-hybridized carbons (Fsp3) is 0.125. The van der Waals surface area contributed by atoms with Gasteiger partial charge in [-0.1, -0.05) is 29.8 Å². The average molecular weight is 359 g/mol. The number of hydrogen-bond acceptors (Lipinski definition) is 6. The number of nitrogens with one attached hydrogen (secondary N) is 1. The molecule has 6 nitrogen and oxygen atoms in total. The summed E-state index contributed by atoms with van der Waals surface area (Å²) in [5.41, 5.74) is 2.76. The van der Waals surface area contributed by atoms with Crippen molar-refractivity contribution in [1.29, 1.82) is 0 Å². The topological polar surface area (TPSA) is 85.1 Å². The van der Waals surface area contributed by atoms with Crippen LogP contribution >= 0.6 is 22.7 Å². The van der Waals surface area contributed by atoms with Crippen LogP contribution in [0.3, 0.4) is 0 Å². The lowest BCUT2D eigenvalue weighted by molar-refractivity contribution is -0.384. The molecule has 0 aliphatic carbocycles. The highest BCUT2D eigenvalue weighted by Crippen LogP contribution is 2.32. The van der Waals surface area contributed by atoms with Crippen molar-refractivity contribution in [1.82, 2.24) is 4.98 Å². The lowest BCUT2D eigenvalue weighted by Crippen LogP contribution is -2.14. The SMILES string of the molecule is Cc1ccc(CC(=O)Nc2nc(-c3cc([N+](=O)[O-])cs3)cs2)cc1. The molecule has 1 amide bonds. The summed E-state index contributed by atoms with van der Waals surface area (Å²) in [6.45, 7) is 2.00. The number of aryl methyl sites for hydroxylation is 1. The van der Waals surface area contributed by atoms with Crippen LogP contribution in [0.1, 0.15) is 11.1 Å². The Bertz CT molecular complexity index is 884. The smallest absolute Gasteiger partial charge is 0.280 e. The number of carbonyl (C=O) groups is 1. The molecule has 0 aliphatic heterocycles. The number of thiophene rings is 1. The second kappa shape index (κ2) is 6.90. The molecule has 0 bridgehead atoms. The molecule has 0 atom stereocenters. The third-order valence-electron chi connectivity index (χ3n) is 3.28. The van der Waals surface area contributed by atoms with Crippen LogP contribution in [0.4, 0.5) is 10.8 Å². The zero-order valence-corrected chi connectivity index (χ0v) is 14.3. The quantitative estimate of drug-likeness (QED) is 0.544. The van der Waals surface area contributed by atoms with E-state index >= 15 is 0 Å². The van der Waals surface area contributed by atoms with E-state index < -0.39 is 4.92 Å². The fourth-order valence-electron chi connectivity index (χ4n) is 2.06. The van der Waals surface area contributed by atoms with Gasteiger partial charge in [-0.25, -0.2) is 4.98 Å². The highest BCUT2D eigenvalue weighted by molar-refractivity contribution is 7.16. The van der Waals surface area contributed by atoms with Crippen LogP contribution in [-0.4, -0.2) is 15.8 Å². The first-order valence-electron chi connectivity index (χ1n) is 7.05. The van der Waals surface area contributed by atoms with Crippen molar-refractivity contribution in [3.63, 3.8) is 0 Å². The van der Waals surface area contributed by atoms with E-state index in [1.54, 1.807) is 5.38 Å². The van der Waals surface area contributed by atoms with Gasteiger partial charge in [-0.3, -0.25) is 14.9 Å². The van der Waals surface area contributed by atoms with E-state index in [1.165, 1.54) is 34.1 Å². The molecule has 24 heavy (non-hydrogen) atoms. The number of anilines is 1. The predicted octanol–water partition coefficient (Wildman–Crippen LogP) is 4.27. The minimum atomic E-state index is -0.434. The second-order valence-corrected chi connectivity index (χ2v) is 6.94. The number of hydrogen-bond donors (Lipinski definition) is 1. The lowest BCUT2D eigenvalue weighted by Gasteiger charge is -2.02. The first-order chi connectivity index (χ1) is 11.5. The Morgan fingerprint density at radius 2 is 2.00 bits per heavy atom. The number of amides is 1. The molecule has 0 radical (unpaired) electrons. The standard InChI is InChI=1S/C16H13N3O3S2/c1-10-2-4-11(5-3-10)6-15(20)18-16-17-13(9-24-16)14-7-12(8-23-14)19(21)22/h2-5,7-9H,6H2,1H3,(H,17,18,20). The van der Waals surface area contributed by atoms with Gasteiger partial charge in [-0.15, -0.1) is 22.7 Å². The fourth-order valence-corrected chi connectivity index (χ4v) is 3.67. The number of carbonyl (C=O) groups excluding carboxylic acids is 1. The molecule has 2 heterocycles. The van der Waals surface area contributed by atoms with Crippen LogP contribution in [0.2, 0.25) is 0 Å². The number of aromatic nitrogens is 1. The number of thiazole rings is 1. The molecule has 0 saturated carbocycles. The number of nitro groups is 1. The Morgan fingerprint density at radius 1 is 1.25 bits per heavy atom. The zero-order chi connectivity index (χ0) is 17.1. The van der Waals surface area contributed by atoms with E-state index in [0.29, 0.717) is 15.7 Å². The molecule has 0 saturated heterocycles. The summed E-state index contributed by atoms with van der Waals surface area (Å²) >= 11 is 2.55. The number of benzene rings is 1. The zero-order valence-electron chi connectivity index (χ0n) is 12.7. The summed E-state index contributed by atoms with van der Waals surface area (Å²) in [5.74, 6) is -0.142. The summed E-state index contributed by atoms with van der Waals surface area (Å²) in [6.07, 6.45) is 0.277. The molecule has 0 spiro atoms. The predicted molar refractivity (Wildman–Crippen MR) is 95.6 cm³/mol. The van der Waals surface area contributed by atoms with Crippen LogP contribution in [-0.2, 0) is 11.2 Å². The van der Waals surface area contributed by atoms with Gasteiger partial charge < -0.3 is 5.32 Å². The Labute approximate surface area is 146 Å². The van der Waals surface area contributed by atoms with Crippen molar-refractivity contribution in [2.45, 2.75) is 13.3 Å². The largest absolute Gasteiger partial charge is 0.302 e. The molecular formula is C16H13N3O3S2. The Hall–Kier alpha value is -2.58. The highest BCUT2D eigenvalue weighted by Gasteiger charge is 2.14. The minimum Gasteiger partial charge on any atom is -0.302 e. The van der Waals surface area contributed by atoms with Gasteiger partial charge in [-0.05, 0) is 12.5 Å². The van der Waals surface area contributed by atoms with E-state index in [-0.39, 0.29) is 18.0 Å². The van der Waals surface area contributed by atoms with Crippen molar-refractivity contribution in [2.75, 3.05) is 5.32 Å². The minimum absolute atomic E-state index is 0.0490. The lowest BCUT2D eigenvalue weighted by atomic mass is 10.1.